The van der Waals surface area contributed by atoms with Crippen LogP contribution in [-0.4, -0.2) is 119 Å². The molecule has 3 heterocycles. The third-order valence-electron chi connectivity index (χ3n) is 7.78. The molecule has 0 radical (unpaired) electrons. The van der Waals surface area contributed by atoms with Crippen LogP contribution in [0.25, 0.3) is 0 Å². The zero-order valence-corrected chi connectivity index (χ0v) is 23.5. The van der Waals surface area contributed by atoms with Crippen LogP contribution in [0.2, 0.25) is 0 Å². The van der Waals surface area contributed by atoms with Gasteiger partial charge >= 0.3 is 12.1 Å². The van der Waals surface area contributed by atoms with Crippen LogP contribution in [0.4, 0.5) is 24.5 Å². The van der Waals surface area contributed by atoms with Crippen molar-refractivity contribution in [2.75, 3.05) is 57.3 Å². The predicted molar refractivity (Wildman–Crippen MR) is 147 cm³/mol. The van der Waals surface area contributed by atoms with Gasteiger partial charge in [0.2, 0.25) is 0 Å². The number of para-hydroxylation sites is 1. The molecule has 14 heteroatoms. The summed E-state index contributed by atoms with van der Waals surface area (Å²) in [6, 6.07) is 11.7. The van der Waals surface area contributed by atoms with E-state index in [9.17, 15) is 33.3 Å². The maximum atomic E-state index is 13.5. The third kappa shape index (κ3) is 6.86. The van der Waals surface area contributed by atoms with Gasteiger partial charge in [0.25, 0.3) is 0 Å². The maximum absolute atomic E-state index is 13.5. The first-order chi connectivity index (χ1) is 20.0. The highest BCUT2D eigenvalue weighted by Gasteiger charge is 2.47. The Morgan fingerprint density at radius 2 is 1.57 bits per heavy atom. The molecule has 230 valence electrons. The number of aliphatic hydroxyl groups is 3. The quantitative estimate of drug-likeness (QED) is 0.333. The van der Waals surface area contributed by atoms with Crippen LogP contribution in [0.3, 0.4) is 0 Å². The first-order valence-corrected chi connectivity index (χ1v) is 14.6. The number of carbonyl (C=O) groups is 1. The molecule has 4 N–H and O–H groups in total. The van der Waals surface area contributed by atoms with Crippen molar-refractivity contribution in [3.63, 3.8) is 0 Å². The van der Waals surface area contributed by atoms with Crippen LogP contribution in [0.1, 0.15) is 12.0 Å². The van der Waals surface area contributed by atoms with Crippen LogP contribution in [0.5, 0.6) is 0 Å². The molecule has 10 nitrogen and oxygen atoms in total. The van der Waals surface area contributed by atoms with Gasteiger partial charge in [-0.1, -0.05) is 23.9 Å². The third-order valence-corrected chi connectivity index (χ3v) is 8.91. The Labute approximate surface area is 245 Å². The fraction of sp³-hybridized carbons (Fsp3) is 0.536. The zero-order valence-electron chi connectivity index (χ0n) is 22.7. The summed E-state index contributed by atoms with van der Waals surface area (Å²) in [6.45, 7) is 5.05. The number of fused-ring (bicyclic) bond motifs is 2. The van der Waals surface area contributed by atoms with Crippen LogP contribution in [-0.2, 0) is 20.4 Å². The number of benzene rings is 2. The van der Waals surface area contributed by atoms with E-state index in [1.54, 1.807) is 6.07 Å². The van der Waals surface area contributed by atoms with Gasteiger partial charge in [-0.05, 0) is 43.3 Å². The average Bonchev–Trinajstić information content (AvgIpc) is 2.96. The van der Waals surface area contributed by atoms with Crippen molar-refractivity contribution < 1.29 is 47.9 Å². The lowest BCUT2D eigenvalue weighted by molar-refractivity contribution is -0.294. The van der Waals surface area contributed by atoms with Crippen molar-refractivity contribution in [1.82, 2.24) is 9.80 Å². The fourth-order valence-electron chi connectivity index (χ4n) is 5.42. The second kappa shape index (κ2) is 13.1. The van der Waals surface area contributed by atoms with Crippen molar-refractivity contribution in [2.45, 2.75) is 53.1 Å². The van der Waals surface area contributed by atoms with Crippen molar-refractivity contribution in [3.8, 4) is 0 Å². The molecule has 2 fully saturated rings. The van der Waals surface area contributed by atoms with Crippen molar-refractivity contribution in [1.29, 1.82) is 0 Å². The Morgan fingerprint density at radius 1 is 0.905 bits per heavy atom. The van der Waals surface area contributed by atoms with Gasteiger partial charge in [-0.25, -0.2) is 4.79 Å². The van der Waals surface area contributed by atoms with E-state index < -0.39 is 48.4 Å². The molecule has 3 aliphatic rings. The van der Waals surface area contributed by atoms with Gasteiger partial charge < -0.3 is 39.7 Å². The Hall–Kier alpha value is -2.43. The Morgan fingerprint density at radius 3 is 2.26 bits per heavy atom. The number of hydrogen-bond donors (Lipinski definition) is 4. The average molecular weight is 614 g/mol. The Bertz CT molecular complexity index is 1250. The van der Waals surface area contributed by atoms with E-state index in [-0.39, 0.29) is 6.61 Å². The summed E-state index contributed by atoms with van der Waals surface area (Å²) >= 11 is 1.48. The molecule has 42 heavy (non-hydrogen) atoms. The van der Waals surface area contributed by atoms with E-state index in [1.807, 2.05) is 29.2 Å². The van der Waals surface area contributed by atoms with Crippen LogP contribution >= 0.6 is 11.8 Å². The standard InChI is InChI=1S/C28H34F3N3O7S/c29-28(30,31)17-6-7-21-19(16-17)34(18-4-1-2-5-20(18)42-21)9-3-8-32-10-12-33(13-11-32)14-15-40-27-24(37)22(35)23(36)25(41-27)26(38)39/h1-2,4-7,16,22-25,27,35-37H,3,8-15H2,(H,38,39). The molecule has 0 aliphatic carbocycles. The Kier molecular flexibility index (Phi) is 9.64. The molecule has 0 aromatic heterocycles. The monoisotopic (exact) mass is 613 g/mol. The van der Waals surface area contributed by atoms with Gasteiger partial charge in [-0.15, -0.1) is 0 Å². The van der Waals surface area contributed by atoms with Crippen molar-refractivity contribution in [3.05, 3.63) is 48.0 Å². The highest BCUT2D eigenvalue weighted by molar-refractivity contribution is 7.99. The number of hydrogen-bond acceptors (Lipinski definition) is 10. The number of rotatable bonds is 9. The van der Waals surface area contributed by atoms with Gasteiger partial charge in [-0.2, -0.15) is 13.2 Å². The van der Waals surface area contributed by atoms with Gasteiger partial charge in [-0.3, -0.25) is 4.90 Å². The van der Waals surface area contributed by atoms with E-state index >= 15 is 0 Å². The largest absolute Gasteiger partial charge is 0.479 e. The summed E-state index contributed by atoms with van der Waals surface area (Å²) in [4.78, 5) is 19.5. The molecule has 2 aromatic carbocycles. The highest BCUT2D eigenvalue weighted by Crippen LogP contribution is 2.49. The van der Waals surface area contributed by atoms with Gasteiger partial charge in [0.05, 0.1) is 23.5 Å². The molecule has 0 spiro atoms. The number of carboxylic acids is 1. The SMILES string of the molecule is O=C(O)C1OC(OCCN2CCN(CCCN3c4ccccc4Sc4ccc(C(F)(F)F)cc43)CC2)C(O)C(O)C1O. The van der Waals surface area contributed by atoms with E-state index in [0.29, 0.717) is 18.8 Å². The minimum absolute atomic E-state index is 0.128. The lowest BCUT2D eigenvalue weighted by atomic mass is 9.99. The van der Waals surface area contributed by atoms with E-state index in [1.165, 1.54) is 17.8 Å². The lowest BCUT2D eigenvalue weighted by Gasteiger charge is -2.39. The summed E-state index contributed by atoms with van der Waals surface area (Å²) < 4.78 is 51.1. The molecular weight excluding hydrogens is 579 g/mol. The molecular formula is C28H34F3N3O7S. The number of aliphatic hydroxyl groups excluding tert-OH is 3. The van der Waals surface area contributed by atoms with Crippen LogP contribution in [0.15, 0.2) is 52.3 Å². The summed E-state index contributed by atoms with van der Waals surface area (Å²) in [5, 5.41) is 38.9. The maximum Gasteiger partial charge on any atom is 0.416 e. The van der Waals surface area contributed by atoms with E-state index in [2.05, 4.69) is 9.80 Å². The second-order valence-electron chi connectivity index (χ2n) is 10.5. The fourth-order valence-corrected chi connectivity index (χ4v) is 6.50. The molecule has 2 saturated heterocycles. The van der Waals surface area contributed by atoms with E-state index in [0.717, 1.165) is 60.7 Å². The number of ether oxygens (including phenoxy) is 2. The number of halogens is 3. The van der Waals surface area contributed by atoms with E-state index in [4.69, 9.17) is 14.6 Å². The number of alkyl halides is 3. The number of nitrogens with zero attached hydrogens (tertiary/aromatic N) is 3. The van der Waals surface area contributed by atoms with Crippen LogP contribution in [0, 0.1) is 0 Å². The van der Waals surface area contributed by atoms with Gasteiger partial charge in [0.1, 0.15) is 18.3 Å². The predicted octanol–water partition coefficient (Wildman–Crippen LogP) is 2.22. The highest BCUT2D eigenvalue weighted by atomic mass is 32.2. The molecule has 2 aromatic rings. The van der Waals surface area contributed by atoms with Gasteiger partial charge in [0.15, 0.2) is 12.4 Å². The van der Waals surface area contributed by atoms with Gasteiger partial charge in [0, 0.05) is 49.1 Å². The molecule has 5 rings (SSSR count). The summed E-state index contributed by atoms with van der Waals surface area (Å²) in [5.41, 5.74) is 0.816. The molecule has 5 unspecified atom stereocenters. The number of carboxylic acid groups (broad SMARTS) is 1. The summed E-state index contributed by atoms with van der Waals surface area (Å²) in [5.74, 6) is -1.46. The molecule has 0 amide bonds. The minimum atomic E-state index is -4.42. The zero-order chi connectivity index (χ0) is 30.0. The summed E-state index contributed by atoms with van der Waals surface area (Å²) in [6.07, 6.45) is -11.8. The number of anilines is 2. The smallest absolute Gasteiger partial charge is 0.416 e. The topological polar surface area (TPSA) is 126 Å². The molecule has 3 aliphatic heterocycles. The normalized spacial score (nSPS) is 27.0. The van der Waals surface area contributed by atoms with Crippen molar-refractivity contribution >= 4 is 29.1 Å². The Balaban J connectivity index is 1.09. The second-order valence-corrected chi connectivity index (χ2v) is 11.6. The minimum Gasteiger partial charge on any atom is -0.479 e. The first-order valence-electron chi connectivity index (χ1n) is 13.8. The summed E-state index contributed by atoms with van der Waals surface area (Å²) in [7, 11) is 0. The number of piperazine rings is 1. The molecule has 0 saturated carbocycles. The lowest BCUT2D eigenvalue weighted by Crippen LogP contribution is -2.60. The first kappa shape index (κ1) is 31.0. The molecule has 0 bridgehead atoms. The van der Waals surface area contributed by atoms with Crippen LogP contribution < -0.4 is 4.90 Å². The van der Waals surface area contributed by atoms with Crippen molar-refractivity contribution in [2.24, 2.45) is 0 Å². The molecule has 5 atom stereocenters. The number of aliphatic carboxylic acids is 1.